The Balaban J connectivity index is 1.95. The number of nitrogens with two attached hydrogens (primary N) is 1. The Morgan fingerprint density at radius 2 is 1.96 bits per heavy atom. The molecule has 0 heterocycles. The second kappa shape index (κ2) is 8.38. The van der Waals surface area contributed by atoms with Gasteiger partial charge in [0.25, 0.3) is 0 Å². The lowest BCUT2D eigenvalue weighted by atomic mass is 10.2. The van der Waals surface area contributed by atoms with Crippen molar-refractivity contribution in [1.82, 2.24) is 0 Å². The quantitative estimate of drug-likeness (QED) is 0.650. The molecule has 2 rings (SSSR count). The molecule has 0 bridgehead atoms. The number of para-hydroxylation sites is 2. The molecule has 124 valence electrons. The fourth-order valence-corrected chi connectivity index (χ4v) is 2.00. The highest BCUT2D eigenvalue weighted by molar-refractivity contribution is 5.96. The SMILES string of the molecule is C=CCOc1ccccc1NC(=O)CNc1cccc(C(N)=O)c1. The van der Waals surface area contributed by atoms with Gasteiger partial charge in [0, 0.05) is 11.3 Å². The van der Waals surface area contributed by atoms with E-state index in [0.29, 0.717) is 29.3 Å². The Kier molecular flexibility index (Phi) is 5.96. The number of carbonyl (C=O) groups is 2. The average Bonchev–Trinajstić information content (AvgIpc) is 2.59. The third kappa shape index (κ3) is 4.88. The van der Waals surface area contributed by atoms with Crippen molar-refractivity contribution in [1.29, 1.82) is 0 Å². The van der Waals surface area contributed by atoms with Crippen molar-refractivity contribution in [3.05, 3.63) is 66.7 Å². The Bertz CT molecular complexity index is 744. The molecule has 0 spiro atoms. The summed E-state index contributed by atoms with van der Waals surface area (Å²) >= 11 is 0. The number of hydrogen-bond donors (Lipinski definition) is 3. The molecule has 2 aromatic carbocycles. The van der Waals surface area contributed by atoms with Crippen molar-refractivity contribution >= 4 is 23.2 Å². The van der Waals surface area contributed by atoms with E-state index >= 15 is 0 Å². The zero-order valence-corrected chi connectivity index (χ0v) is 13.1. The smallest absolute Gasteiger partial charge is 0.248 e. The normalized spacial score (nSPS) is 9.83. The Labute approximate surface area is 140 Å². The molecule has 2 aromatic rings. The van der Waals surface area contributed by atoms with Crippen LogP contribution >= 0.6 is 0 Å². The molecule has 4 N–H and O–H groups in total. The largest absolute Gasteiger partial charge is 0.487 e. The van der Waals surface area contributed by atoms with E-state index in [9.17, 15) is 9.59 Å². The number of carbonyl (C=O) groups excluding carboxylic acids is 2. The summed E-state index contributed by atoms with van der Waals surface area (Å²) in [6, 6.07) is 13.8. The van der Waals surface area contributed by atoms with Crippen LogP contribution in [0.1, 0.15) is 10.4 Å². The van der Waals surface area contributed by atoms with Gasteiger partial charge >= 0.3 is 0 Å². The molecule has 0 atom stereocenters. The minimum Gasteiger partial charge on any atom is -0.487 e. The first-order valence-corrected chi connectivity index (χ1v) is 7.36. The zero-order valence-electron chi connectivity index (χ0n) is 13.1. The van der Waals surface area contributed by atoms with Crippen molar-refractivity contribution < 1.29 is 14.3 Å². The van der Waals surface area contributed by atoms with Crippen LogP contribution in [-0.4, -0.2) is 25.0 Å². The molecule has 0 fully saturated rings. The average molecular weight is 325 g/mol. The highest BCUT2D eigenvalue weighted by Gasteiger charge is 2.08. The Morgan fingerprint density at radius 1 is 1.17 bits per heavy atom. The van der Waals surface area contributed by atoms with Crippen LogP contribution in [0, 0.1) is 0 Å². The lowest BCUT2D eigenvalue weighted by molar-refractivity contribution is -0.114. The van der Waals surface area contributed by atoms with Crippen molar-refractivity contribution in [2.45, 2.75) is 0 Å². The number of amides is 2. The minimum absolute atomic E-state index is 0.0397. The van der Waals surface area contributed by atoms with Crippen molar-refractivity contribution in [3.8, 4) is 5.75 Å². The van der Waals surface area contributed by atoms with E-state index in [1.165, 1.54) is 0 Å². The number of rotatable bonds is 8. The van der Waals surface area contributed by atoms with E-state index in [-0.39, 0.29) is 12.5 Å². The molecule has 0 radical (unpaired) electrons. The van der Waals surface area contributed by atoms with E-state index in [1.54, 1.807) is 48.5 Å². The van der Waals surface area contributed by atoms with E-state index in [0.717, 1.165) is 0 Å². The van der Waals surface area contributed by atoms with Gasteiger partial charge in [-0.3, -0.25) is 9.59 Å². The van der Waals surface area contributed by atoms with Crippen LogP contribution in [0.4, 0.5) is 11.4 Å². The molecule has 0 saturated carbocycles. The number of anilines is 2. The summed E-state index contributed by atoms with van der Waals surface area (Å²) in [5.74, 6) is -0.188. The topological polar surface area (TPSA) is 93.4 Å². The molecular formula is C18H19N3O3. The maximum Gasteiger partial charge on any atom is 0.248 e. The molecule has 0 aliphatic heterocycles. The van der Waals surface area contributed by atoms with E-state index in [2.05, 4.69) is 17.2 Å². The predicted octanol–water partition coefficient (Wildman–Crippen LogP) is 2.40. The maximum absolute atomic E-state index is 12.1. The number of nitrogens with one attached hydrogen (secondary N) is 2. The second-order valence-corrected chi connectivity index (χ2v) is 4.94. The van der Waals surface area contributed by atoms with Gasteiger partial charge < -0.3 is 21.1 Å². The Hall–Kier alpha value is -3.28. The molecule has 0 aliphatic rings. The zero-order chi connectivity index (χ0) is 17.4. The summed E-state index contributed by atoms with van der Waals surface area (Å²) < 4.78 is 5.49. The number of ether oxygens (including phenoxy) is 1. The third-order valence-corrected chi connectivity index (χ3v) is 3.12. The molecule has 0 aromatic heterocycles. The molecule has 6 heteroatoms. The fraction of sp³-hybridized carbons (Fsp3) is 0.111. The summed E-state index contributed by atoms with van der Waals surface area (Å²) in [6.45, 7) is 3.99. The van der Waals surface area contributed by atoms with Crippen LogP contribution in [-0.2, 0) is 4.79 Å². The first-order valence-electron chi connectivity index (χ1n) is 7.36. The number of primary amides is 1. The van der Waals surface area contributed by atoms with Gasteiger partial charge in [0.1, 0.15) is 12.4 Å². The molecule has 2 amide bonds. The van der Waals surface area contributed by atoms with Gasteiger partial charge in [0.05, 0.1) is 12.2 Å². The van der Waals surface area contributed by atoms with Crippen LogP contribution < -0.4 is 21.1 Å². The standard InChI is InChI=1S/C18H19N3O3/c1-2-10-24-16-9-4-3-8-15(16)21-17(22)12-20-14-7-5-6-13(11-14)18(19)23/h2-9,11,20H,1,10,12H2,(H2,19,23)(H,21,22). The summed E-state index contributed by atoms with van der Waals surface area (Å²) in [4.78, 5) is 23.2. The van der Waals surface area contributed by atoms with Crippen molar-refractivity contribution in [2.75, 3.05) is 23.8 Å². The molecule has 0 saturated heterocycles. The van der Waals surface area contributed by atoms with Gasteiger partial charge in [-0.25, -0.2) is 0 Å². The van der Waals surface area contributed by atoms with Gasteiger partial charge in [-0.05, 0) is 30.3 Å². The Morgan fingerprint density at radius 3 is 2.71 bits per heavy atom. The van der Waals surface area contributed by atoms with Crippen LogP contribution in [0.3, 0.4) is 0 Å². The number of benzene rings is 2. The highest BCUT2D eigenvalue weighted by Crippen LogP contribution is 2.23. The van der Waals surface area contributed by atoms with Gasteiger partial charge in [0.2, 0.25) is 11.8 Å². The first kappa shape index (κ1) is 17.1. The summed E-state index contributed by atoms with van der Waals surface area (Å²) in [5.41, 5.74) is 6.83. The lowest BCUT2D eigenvalue weighted by Gasteiger charge is -2.12. The van der Waals surface area contributed by atoms with Crippen LogP contribution in [0.25, 0.3) is 0 Å². The predicted molar refractivity (Wildman–Crippen MR) is 94.2 cm³/mol. The lowest BCUT2D eigenvalue weighted by Crippen LogP contribution is -2.22. The van der Waals surface area contributed by atoms with Gasteiger partial charge in [0.15, 0.2) is 0 Å². The molecule has 0 unspecified atom stereocenters. The van der Waals surface area contributed by atoms with E-state index in [1.807, 2.05) is 6.07 Å². The monoisotopic (exact) mass is 325 g/mol. The molecule has 6 nitrogen and oxygen atoms in total. The highest BCUT2D eigenvalue weighted by atomic mass is 16.5. The fourth-order valence-electron chi connectivity index (χ4n) is 2.00. The first-order chi connectivity index (χ1) is 11.6. The van der Waals surface area contributed by atoms with Crippen LogP contribution in [0.2, 0.25) is 0 Å². The minimum atomic E-state index is -0.517. The van der Waals surface area contributed by atoms with Gasteiger partial charge in [-0.2, -0.15) is 0 Å². The molecule has 24 heavy (non-hydrogen) atoms. The second-order valence-electron chi connectivity index (χ2n) is 4.94. The van der Waals surface area contributed by atoms with Crippen molar-refractivity contribution in [2.24, 2.45) is 5.73 Å². The van der Waals surface area contributed by atoms with E-state index in [4.69, 9.17) is 10.5 Å². The maximum atomic E-state index is 12.1. The van der Waals surface area contributed by atoms with Gasteiger partial charge in [-0.15, -0.1) is 0 Å². The third-order valence-electron chi connectivity index (χ3n) is 3.12. The number of hydrogen-bond acceptors (Lipinski definition) is 4. The summed E-state index contributed by atoms with van der Waals surface area (Å²) in [6.07, 6.45) is 1.63. The summed E-state index contributed by atoms with van der Waals surface area (Å²) in [5, 5.41) is 5.72. The van der Waals surface area contributed by atoms with Gasteiger partial charge in [-0.1, -0.05) is 30.9 Å². The van der Waals surface area contributed by atoms with Crippen LogP contribution in [0.5, 0.6) is 5.75 Å². The van der Waals surface area contributed by atoms with Crippen LogP contribution in [0.15, 0.2) is 61.2 Å². The van der Waals surface area contributed by atoms with Crippen molar-refractivity contribution in [3.63, 3.8) is 0 Å². The van der Waals surface area contributed by atoms with E-state index < -0.39 is 5.91 Å². The molecule has 0 aliphatic carbocycles. The molecular weight excluding hydrogens is 306 g/mol. The summed E-state index contributed by atoms with van der Waals surface area (Å²) in [7, 11) is 0.